The van der Waals surface area contributed by atoms with Crippen LogP contribution < -0.4 is 4.74 Å². The van der Waals surface area contributed by atoms with Crippen LogP contribution in [0.5, 0.6) is 5.75 Å². The molecule has 1 fully saturated rings. The zero-order valence-electron chi connectivity index (χ0n) is 22.1. The summed E-state index contributed by atoms with van der Waals surface area (Å²) in [7, 11) is 1.62. The van der Waals surface area contributed by atoms with Crippen molar-refractivity contribution in [3.63, 3.8) is 0 Å². The normalized spacial score (nSPS) is 16.6. The lowest BCUT2D eigenvalue weighted by Gasteiger charge is -2.23. The van der Waals surface area contributed by atoms with Crippen LogP contribution in [0, 0.1) is 6.92 Å². The fourth-order valence-electron chi connectivity index (χ4n) is 5.21. The minimum atomic E-state index is -0.526. The molecule has 0 bridgehead atoms. The first-order chi connectivity index (χ1) is 19.2. The van der Waals surface area contributed by atoms with Crippen molar-refractivity contribution >= 4 is 47.2 Å². The molecule has 4 aromatic rings. The number of aryl methyl sites for hydroxylation is 1. The highest BCUT2D eigenvalue weighted by Crippen LogP contribution is 2.40. The second-order valence-corrected chi connectivity index (χ2v) is 11.1. The Labute approximate surface area is 248 Å². The lowest BCUT2D eigenvalue weighted by molar-refractivity contribution is 0.112. The van der Waals surface area contributed by atoms with Gasteiger partial charge in [-0.25, -0.2) is 4.79 Å². The van der Waals surface area contributed by atoms with E-state index in [0.717, 1.165) is 45.2 Å². The van der Waals surface area contributed by atoms with Crippen LogP contribution in [0.1, 0.15) is 40.1 Å². The lowest BCUT2D eigenvalue weighted by atomic mass is 9.92. The molecule has 1 saturated heterocycles. The van der Waals surface area contributed by atoms with Gasteiger partial charge in [-0.2, -0.15) is 0 Å². The number of aldehydes is 1. The Kier molecular flexibility index (Phi) is 8.09. The van der Waals surface area contributed by atoms with E-state index in [2.05, 4.69) is 6.07 Å². The van der Waals surface area contributed by atoms with Crippen LogP contribution in [0.3, 0.4) is 0 Å². The maximum absolute atomic E-state index is 13.1. The number of nitrogens with zero attached hydrogens (tertiary/aromatic N) is 1. The number of halogens is 3. The molecule has 2 atom stereocenters. The van der Waals surface area contributed by atoms with Gasteiger partial charge in [-0.05, 0) is 95.8 Å². The number of cyclic esters (lactones) is 1. The molecule has 0 radical (unpaired) electrons. The number of hydrogen-bond donors (Lipinski definition) is 0. The molecule has 204 valence electrons. The van der Waals surface area contributed by atoms with E-state index in [9.17, 15) is 9.59 Å². The van der Waals surface area contributed by atoms with E-state index >= 15 is 0 Å². The highest BCUT2D eigenvalue weighted by molar-refractivity contribution is 6.34. The molecule has 0 aromatic heterocycles. The Bertz CT molecular complexity index is 1600. The Morgan fingerprint density at radius 2 is 1.60 bits per heavy atom. The van der Waals surface area contributed by atoms with Gasteiger partial charge in [0.2, 0.25) is 0 Å². The third kappa shape index (κ3) is 5.55. The summed E-state index contributed by atoms with van der Waals surface area (Å²) in [4.78, 5) is 26.0. The fourth-order valence-corrected chi connectivity index (χ4v) is 5.95. The summed E-state index contributed by atoms with van der Waals surface area (Å²) in [5.74, 6) is 0.679. The van der Waals surface area contributed by atoms with Gasteiger partial charge in [0.25, 0.3) is 0 Å². The van der Waals surface area contributed by atoms with Gasteiger partial charge in [-0.1, -0.05) is 59.1 Å². The molecule has 1 aliphatic heterocycles. The summed E-state index contributed by atoms with van der Waals surface area (Å²) in [6.45, 7) is 4.17. The molecule has 1 heterocycles. The van der Waals surface area contributed by atoms with E-state index < -0.39 is 12.2 Å². The molecular weight excluding hydrogens is 569 g/mol. The van der Waals surface area contributed by atoms with Gasteiger partial charge in [0.1, 0.15) is 18.1 Å². The zero-order valence-corrected chi connectivity index (χ0v) is 24.3. The largest absolute Gasteiger partial charge is 0.496 e. The van der Waals surface area contributed by atoms with Gasteiger partial charge in [0.15, 0.2) is 0 Å². The van der Waals surface area contributed by atoms with E-state index in [1.54, 1.807) is 36.3 Å². The number of ether oxygens (including phenoxy) is 2. The minimum absolute atomic E-state index is 0.265. The highest BCUT2D eigenvalue weighted by Gasteiger charge is 2.40. The topological polar surface area (TPSA) is 55.8 Å². The van der Waals surface area contributed by atoms with E-state index in [1.807, 2.05) is 56.3 Å². The molecule has 0 spiro atoms. The Hall–Kier alpha value is -3.51. The first-order valence-electron chi connectivity index (χ1n) is 12.6. The Morgan fingerprint density at radius 3 is 2.27 bits per heavy atom. The second-order valence-electron chi connectivity index (χ2n) is 9.78. The van der Waals surface area contributed by atoms with Crippen molar-refractivity contribution in [2.45, 2.75) is 32.5 Å². The summed E-state index contributed by atoms with van der Waals surface area (Å²) in [5, 5.41) is 1.50. The smallest absolute Gasteiger partial charge is 0.411 e. The average molecular weight is 595 g/mol. The zero-order chi connectivity index (χ0) is 28.6. The van der Waals surface area contributed by atoms with Crippen LogP contribution >= 0.6 is 34.8 Å². The number of rotatable bonds is 7. The van der Waals surface area contributed by atoms with E-state index in [4.69, 9.17) is 44.3 Å². The van der Waals surface area contributed by atoms with Crippen molar-refractivity contribution in [2.75, 3.05) is 7.11 Å². The average Bonchev–Trinajstić information content (AvgIpc) is 3.20. The molecule has 40 heavy (non-hydrogen) atoms. The molecule has 5 rings (SSSR count). The number of hydrogen-bond acceptors (Lipinski definition) is 4. The van der Waals surface area contributed by atoms with Crippen LogP contribution in [0.25, 0.3) is 22.3 Å². The first-order valence-corrected chi connectivity index (χ1v) is 13.8. The summed E-state index contributed by atoms with van der Waals surface area (Å²) in [6.07, 6.45) is -0.126. The third-order valence-corrected chi connectivity index (χ3v) is 7.87. The predicted octanol–water partition coefficient (Wildman–Crippen LogP) is 9.19. The predicted molar refractivity (Wildman–Crippen MR) is 160 cm³/mol. The molecule has 1 aliphatic rings. The molecule has 4 aromatic carbocycles. The van der Waals surface area contributed by atoms with Gasteiger partial charge in [0, 0.05) is 26.2 Å². The summed E-state index contributed by atoms with van der Waals surface area (Å²) >= 11 is 18.9. The molecule has 0 saturated carbocycles. The van der Waals surface area contributed by atoms with E-state index in [-0.39, 0.29) is 12.6 Å². The molecule has 1 amide bonds. The Morgan fingerprint density at radius 1 is 0.875 bits per heavy atom. The monoisotopic (exact) mass is 593 g/mol. The Balaban J connectivity index is 1.53. The van der Waals surface area contributed by atoms with Gasteiger partial charge >= 0.3 is 6.09 Å². The molecule has 0 aliphatic carbocycles. The lowest BCUT2D eigenvalue weighted by Crippen LogP contribution is -2.31. The van der Waals surface area contributed by atoms with Crippen LogP contribution in [0.2, 0.25) is 15.1 Å². The number of carbonyl (C=O) groups is 2. The summed E-state index contributed by atoms with van der Waals surface area (Å²) in [5.41, 5.74) is 6.88. The van der Waals surface area contributed by atoms with E-state index in [0.29, 0.717) is 26.4 Å². The van der Waals surface area contributed by atoms with Gasteiger partial charge in [0.05, 0.1) is 19.7 Å². The van der Waals surface area contributed by atoms with Crippen molar-refractivity contribution < 1.29 is 19.1 Å². The SMILES string of the molecule is COc1ccc(-c2ccc(C=O)cc2C)cc1-c1ccc(Cl)cc1CN1C(=O)O[C@H](c2cc(Cl)cc(Cl)c2)[C@@H]1C. The number of benzene rings is 4. The van der Waals surface area contributed by atoms with Crippen LogP contribution in [0.4, 0.5) is 4.79 Å². The molecule has 8 heteroatoms. The van der Waals surface area contributed by atoms with Crippen molar-refractivity contribution in [3.05, 3.63) is 110 Å². The van der Waals surface area contributed by atoms with E-state index in [1.165, 1.54) is 0 Å². The number of amides is 1. The standard InChI is InChI=1S/C32H26Cl3NO4/c1-18-10-20(17-37)4-7-27(18)21-5-9-30(39-3)29(14-21)28-8-6-24(33)13-23(28)16-36-19(2)31(40-32(36)38)22-11-25(34)15-26(35)12-22/h4-15,17,19,31H,16H2,1-3H3/t19-,31-/m0/s1. The van der Waals surface area contributed by atoms with Crippen molar-refractivity contribution in [3.8, 4) is 28.0 Å². The van der Waals surface area contributed by atoms with Crippen LogP contribution in [-0.2, 0) is 11.3 Å². The van der Waals surface area contributed by atoms with Gasteiger partial charge in [-0.3, -0.25) is 9.69 Å². The van der Waals surface area contributed by atoms with Gasteiger partial charge in [-0.15, -0.1) is 0 Å². The van der Waals surface area contributed by atoms with Crippen LogP contribution in [-0.4, -0.2) is 30.4 Å². The molecule has 0 N–H and O–H groups in total. The molecule has 0 unspecified atom stereocenters. The molecule has 5 nitrogen and oxygen atoms in total. The minimum Gasteiger partial charge on any atom is -0.496 e. The van der Waals surface area contributed by atoms with Crippen molar-refractivity contribution in [1.29, 1.82) is 0 Å². The first kappa shape index (κ1) is 28.0. The quantitative estimate of drug-likeness (QED) is 0.200. The summed E-state index contributed by atoms with van der Waals surface area (Å²) < 4.78 is 11.5. The number of methoxy groups -OCH3 is 1. The van der Waals surface area contributed by atoms with Crippen LogP contribution in [0.15, 0.2) is 72.8 Å². The maximum Gasteiger partial charge on any atom is 0.411 e. The van der Waals surface area contributed by atoms with Gasteiger partial charge < -0.3 is 9.47 Å². The number of carbonyl (C=O) groups excluding carboxylic acids is 2. The highest BCUT2D eigenvalue weighted by atomic mass is 35.5. The van der Waals surface area contributed by atoms with Crippen molar-refractivity contribution in [1.82, 2.24) is 4.90 Å². The van der Waals surface area contributed by atoms with Crippen molar-refractivity contribution in [2.24, 2.45) is 0 Å². The maximum atomic E-state index is 13.1. The fraction of sp³-hybridized carbons (Fsp3) is 0.188. The third-order valence-electron chi connectivity index (χ3n) is 7.20. The second kappa shape index (κ2) is 11.5. The summed E-state index contributed by atoms with van der Waals surface area (Å²) in [6, 6.07) is 22.0. The molecular formula is C32H26Cl3NO4.